The highest BCUT2D eigenvalue weighted by Gasteiger charge is 2.36. The average Bonchev–Trinajstić information content (AvgIpc) is 2.19. The predicted molar refractivity (Wildman–Crippen MR) is 59.8 cm³/mol. The second-order valence-corrected chi connectivity index (χ2v) is 6.19. The van der Waals surface area contributed by atoms with E-state index in [0.717, 1.165) is 6.07 Å². The molecule has 4 nitrogen and oxygen atoms in total. The van der Waals surface area contributed by atoms with E-state index < -0.39 is 43.5 Å². The van der Waals surface area contributed by atoms with E-state index in [1.165, 1.54) is 13.8 Å². The van der Waals surface area contributed by atoms with Gasteiger partial charge in [-0.15, -0.1) is 0 Å². The molecule has 0 spiro atoms. The Labute approximate surface area is 103 Å². The number of benzene rings is 1. The molecule has 1 N–H and O–H groups in total. The molecule has 0 saturated carbocycles. The Morgan fingerprint density at radius 3 is 2.17 bits per heavy atom. The minimum absolute atomic E-state index is 0.489. The molecule has 18 heavy (non-hydrogen) atoms. The summed E-state index contributed by atoms with van der Waals surface area (Å²) in [7, 11) is -4.25. The first-order valence-corrected chi connectivity index (χ1v) is 6.64. The molecule has 1 rings (SSSR count). The summed E-state index contributed by atoms with van der Waals surface area (Å²) in [5, 5.41) is 7.23. The third-order valence-corrected chi connectivity index (χ3v) is 4.73. The fraction of sp³-hybridized carbons (Fsp3) is 0.364. The van der Waals surface area contributed by atoms with Gasteiger partial charge >= 0.3 is 5.97 Å². The lowest BCUT2D eigenvalue weighted by molar-refractivity contribution is -0.137. The van der Waals surface area contributed by atoms with Crippen LogP contribution in [0.1, 0.15) is 13.8 Å². The first kappa shape index (κ1) is 14.6. The van der Waals surface area contributed by atoms with Crippen LogP contribution in [-0.4, -0.2) is 24.7 Å². The van der Waals surface area contributed by atoms with Crippen molar-refractivity contribution >= 4 is 15.8 Å². The van der Waals surface area contributed by atoms with Crippen LogP contribution in [0.3, 0.4) is 0 Å². The second-order valence-electron chi connectivity index (χ2n) is 4.12. The number of hydrogen-bond acceptors (Lipinski definition) is 3. The van der Waals surface area contributed by atoms with E-state index >= 15 is 0 Å². The highest BCUT2D eigenvalue weighted by molar-refractivity contribution is 7.92. The van der Waals surface area contributed by atoms with Gasteiger partial charge in [0.05, 0.1) is 4.90 Å². The molecule has 0 radical (unpaired) electrons. The molecular formula is C11H12F2O4S. The van der Waals surface area contributed by atoms with Gasteiger partial charge in [0.25, 0.3) is 0 Å². The fourth-order valence-corrected chi connectivity index (χ4v) is 3.38. The summed E-state index contributed by atoms with van der Waals surface area (Å²) in [6.07, 6.45) is 0. The topological polar surface area (TPSA) is 71.4 Å². The molecule has 1 atom stereocenters. The SMILES string of the molecule is CC(C)C(C(=O)O)S(=O)(=O)c1ccc(F)c(F)c1. The van der Waals surface area contributed by atoms with Crippen molar-refractivity contribution in [3.8, 4) is 0 Å². The number of rotatable bonds is 4. The van der Waals surface area contributed by atoms with Gasteiger partial charge < -0.3 is 5.11 Å². The smallest absolute Gasteiger partial charge is 0.322 e. The van der Waals surface area contributed by atoms with Gasteiger partial charge in [-0.3, -0.25) is 4.79 Å². The Kier molecular flexibility index (Phi) is 4.05. The van der Waals surface area contributed by atoms with E-state index in [1.54, 1.807) is 0 Å². The molecule has 0 aliphatic rings. The van der Waals surface area contributed by atoms with Crippen LogP contribution in [0.5, 0.6) is 0 Å². The maximum Gasteiger partial charge on any atom is 0.322 e. The zero-order chi connectivity index (χ0) is 14.1. The maximum absolute atomic E-state index is 13.0. The van der Waals surface area contributed by atoms with Gasteiger partial charge in [-0.05, 0) is 24.1 Å². The van der Waals surface area contributed by atoms with Crippen LogP contribution in [-0.2, 0) is 14.6 Å². The molecule has 0 amide bonds. The quantitative estimate of drug-likeness (QED) is 0.853. The number of halogens is 2. The van der Waals surface area contributed by atoms with Gasteiger partial charge in [0.2, 0.25) is 0 Å². The van der Waals surface area contributed by atoms with Gasteiger partial charge in [-0.1, -0.05) is 13.8 Å². The van der Waals surface area contributed by atoms with E-state index in [4.69, 9.17) is 5.11 Å². The van der Waals surface area contributed by atoms with Gasteiger partial charge in [0.1, 0.15) is 0 Å². The van der Waals surface area contributed by atoms with Crippen molar-refractivity contribution < 1.29 is 27.1 Å². The van der Waals surface area contributed by atoms with Crippen molar-refractivity contribution in [3.63, 3.8) is 0 Å². The van der Waals surface area contributed by atoms with Gasteiger partial charge in [0.15, 0.2) is 26.7 Å². The molecule has 0 aliphatic heterocycles. The lowest BCUT2D eigenvalue weighted by Crippen LogP contribution is -2.35. The van der Waals surface area contributed by atoms with Crippen LogP contribution < -0.4 is 0 Å². The molecule has 0 bridgehead atoms. The number of carboxylic acid groups (broad SMARTS) is 1. The Morgan fingerprint density at radius 1 is 1.22 bits per heavy atom. The third-order valence-electron chi connectivity index (χ3n) is 2.40. The number of sulfone groups is 1. The van der Waals surface area contributed by atoms with E-state index in [9.17, 15) is 22.0 Å². The molecular weight excluding hydrogens is 266 g/mol. The van der Waals surface area contributed by atoms with Crippen molar-refractivity contribution in [3.05, 3.63) is 29.8 Å². The molecule has 0 aliphatic carbocycles. The molecule has 0 aromatic heterocycles. The molecule has 0 heterocycles. The first-order valence-electron chi connectivity index (χ1n) is 5.09. The molecule has 7 heteroatoms. The Bertz CT molecular complexity index is 566. The van der Waals surface area contributed by atoms with Gasteiger partial charge in [-0.2, -0.15) is 0 Å². The summed E-state index contributed by atoms with van der Waals surface area (Å²) in [6, 6.07) is 2.00. The number of hydrogen-bond donors (Lipinski definition) is 1. The van der Waals surface area contributed by atoms with E-state index in [-0.39, 0.29) is 0 Å². The van der Waals surface area contributed by atoms with Crippen LogP contribution >= 0.6 is 0 Å². The highest BCUT2D eigenvalue weighted by Crippen LogP contribution is 2.23. The van der Waals surface area contributed by atoms with Crippen molar-refractivity contribution in [2.45, 2.75) is 24.0 Å². The highest BCUT2D eigenvalue weighted by atomic mass is 32.2. The van der Waals surface area contributed by atoms with Crippen LogP contribution in [0.4, 0.5) is 8.78 Å². The van der Waals surface area contributed by atoms with Gasteiger partial charge in [0, 0.05) is 0 Å². The Balaban J connectivity index is 3.36. The minimum Gasteiger partial charge on any atom is -0.480 e. The summed E-state index contributed by atoms with van der Waals surface area (Å²) in [6.45, 7) is 2.85. The summed E-state index contributed by atoms with van der Waals surface area (Å²) < 4.78 is 49.7. The lowest BCUT2D eigenvalue weighted by Gasteiger charge is -2.16. The zero-order valence-electron chi connectivity index (χ0n) is 9.72. The average molecular weight is 278 g/mol. The largest absolute Gasteiger partial charge is 0.480 e. The Hall–Kier alpha value is -1.50. The van der Waals surface area contributed by atoms with Crippen molar-refractivity contribution in [1.29, 1.82) is 0 Å². The summed E-state index contributed by atoms with van der Waals surface area (Å²) >= 11 is 0. The lowest BCUT2D eigenvalue weighted by atomic mass is 10.1. The zero-order valence-corrected chi connectivity index (χ0v) is 10.5. The Morgan fingerprint density at radius 2 is 1.78 bits per heavy atom. The number of carboxylic acids is 1. The number of carbonyl (C=O) groups is 1. The van der Waals surface area contributed by atoms with Crippen molar-refractivity contribution in [2.24, 2.45) is 5.92 Å². The van der Waals surface area contributed by atoms with Crippen LogP contribution in [0.15, 0.2) is 23.1 Å². The molecule has 100 valence electrons. The van der Waals surface area contributed by atoms with E-state index in [1.807, 2.05) is 0 Å². The third kappa shape index (κ3) is 2.66. The fourth-order valence-electron chi connectivity index (χ4n) is 1.58. The normalized spacial score (nSPS) is 13.6. The monoisotopic (exact) mass is 278 g/mol. The summed E-state index contributed by atoms with van der Waals surface area (Å²) in [5.41, 5.74) is 0. The minimum atomic E-state index is -4.25. The van der Waals surface area contributed by atoms with E-state index in [0.29, 0.717) is 12.1 Å². The molecule has 0 fully saturated rings. The maximum atomic E-state index is 13.0. The standard InChI is InChI=1S/C11H12F2O4S/c1-6(2)10(11(14)15)18(16,17)7-3-4-8(12)9(13)5-7/h3-6,10H,1-2H3,(H,14,15). The number of aliphatic carboxylic acids is 1. The van der Waals surface area contributed by atoms with Crippen LogP contribution in [0.2, 0.25) is 0 Å². The van der Waals surface area contributed by atoms with Crippen LogP contribution in [0, 0.1) is 17.6 Å². The molecule has 1 aromatic carbocycles. The summed E-state index contributed by atoms with van der Waals surface area (Å²) in [4.78, 5) is 10.4. The van der Waals surface area contributed by atoms with E-state index in [2.05, 4.69) is 0 Å². The second kappa shape index (κ2) is 5.01. The molecule has 1 aromatic rings. The predicted octanol–water partition coefficient (Wildman–Crippen LogP) is 1.85. The van der Waals surface area contributed by atoms with Crippen molar-refractivity contribution in [2.75, 3.05) is 0 Å². The summed E-state index contributed by atoms with van der Waals surface area (Å²) in [5.74, 6) is -4.73. The molecule has 1 unspecified atom stereocenters. The first-order chi connectivity index (χ1) is 8.17. The van der Waals surface area contributed by atoms with Crippen molar-refractivity contribution in [1.82, 2.24) is 0 Å². The van der Waals surface area contributed by atoms with Gasteiger partial charge in [-0.25, -0.2) is 17.2 Å². The molecule has 0 saturated heterocycles. The van der Waals surface area contributed by atoms with Crippen LogP contribution in [0.25, 0.3) is 0 Å².